The number of fused-ring (bicyclic) bond motifs is 1. The molecule has 0 aromatic heterocycles. The van der Waals surface area contributed by atoms with E-state index < -0.39 is 10.0 Å². The molecular weight excluding hydrogens is 408 g/mol. The SMILES string of the molecule is COc1ccccc1N(CCCC(=O)NC[C@H]1COc2ccccc2O1)S(C)(=O)=O. The number of nitrogens with one attached hydrogen (secondary N) is 1. The zero-order valence-corrected chi connectivity index (χ0v) is 17.9. The van der Waals surface area contributed by atoms with Gasteiger partial charge in [0.1, 0.15) is 18.5 Å². The summed E-state index contributed by atoms with van der Waals surface area (Å²) >= 11 is 0. The number of hydrogen-bond acceptors (Lipinski definition) is 6. The number of amides is 1. The number of anilines is 1. The first-order valence-corrected chi connectivity index (χ1v) is 11.5. The van der Waals surface area contributed by atoms with E-state index in [0.717, 1.165) is 6.26 Å². The maximum Gasteiger partial charge on any atom is 0.232 e. The topological polar surface area (TPSA) is 94.2 Å². The normalized spacial score (nSPS) is 15.3. The minimum atomic E-state index is -3.52. The van der Waals surface area contributed by atoms with Gasteiger partial charge in [-0.05, 0) is 30.7 Å². The molecule has 1 N–H and O–H groups in total. The van der Waals surface area contributed by atoms with Gasteiger partial charge in [0.25, 0.3) is 0 Å². The molecule has 0 aliphatic carbocycles. The maximum atomic E-state index is 12.2. The standard InChI is InChI=1S/C21H26N2O6S/c1-27-18-9-4-3-8-17(18)23(30(2,25)26)13-7-12-21(24)22-14-16-15-28-19-10-5-6-11-20(19)29-16/h3-6,8-11,16H,7,12-15H2,1-2H3,(H,22,24)/t16-/m0/s1. The van der Waals surface area contributed by atoms with E-state index in [2.05, 4.69) is 5.32 Å². The molecule has 3 rings (SSSR count). The van der Waals surface area contributed by atoms with Crippen LogP contribution in [0.5, 0.6) is 17.2 Å². The monoisotopic (exact) mass is 434 g/mol. The molecular formula is C21H26N2O6S. The van der Waals surface area contributed by atoms with Crippen molar-refractivity contribution in [3.8, 4) is 17.2 Å². The molecule has 2 aromatic carbocycles. The summed E-state index contributed by atoms with van der Waals surface area (Å²) < 4.78 is 42.5. The van der Waals surface area contributed by atoms with Gasteiger partial charge in [-0.3, -0.25) is 9.10 Å². The molecule has 0 saturated heterocycles. The highest BCUT2D eigenvalue weighted by molar-refractivity contribution is 7.92. The number of para-hydroxylation sites is 4. The molecule has 0 bridgehead atoms. The lowest BCUT2D eigenvalue weighted by Gasteiger charge is -2.26. The first-order valence-electron chi connectivity index (χ1n) is 9.64. The van der Waals surface area contributed by atoms with Crippen molar-refractivity contribution in [2.24, 2.45) is 0 Å². The van der Waals surface area contributed by atoms with Gasteiger partial charge < -0.3 is 19.5 Å². The first kappa shape index (κ1) is 21.8. The smallest absolute Gasteiger partial charge is 0.232 e. The Bertz CT molecular complexity index is 979. The predicted molar refractivity (Wildman–Crippen MR) is 114 cm³/mol. The van der Waals surface area contributed by atoms with Crippen LogP contribution in [0.15, 0.2) is 48.5 Å². The van der Waals surface area contributed by atoms with Crippen LogP contribution in [0.4, 0.5) is 5.69 Å². The average molecular weight is 435 g/mol. The minimum absolute atomic E-state index is 0.170. The molecule has 1 amide bonds. The summed E-state index contributed by atoms with van der Waals surface area (Å²) in [5, 5.41) is 2.82. The number of benzene rings is 2. The van der Waals surface area contributed by atoms with Crippen LogP contribution in [0, 0.1) is 0 Å². The number of sulfonamides is 1. The number of carbonyl (C=O) groups is 1. The number of ether oxygens (including phenoxy) is 3. The van der Waals surface area contributed by atoms with E-state index in [4.69, 9.17) is 14.2 Å². The van der Waals surface area contributed by atoms with Gasteiger partial charge in [0.2, 0.25) is 15.9 Å². The summed E-state index contributed by atoms with van der Waals surface area (Å²) in [6.45, 7) is 0.839. The van der Waals surface area contributed by atoms with Gasteiger partial charge >= 0.3 is 0 Å². The van der Waals surface area contributed by atoms with Crippen molar-refractivity contribution >= 4 is 21.6 Å². The molecule has 0 radical (unpaired) electrons. The Morgan fingerprint density at radius 3 is 2.60 bits per heavy atom. The second kappa shape index (κ2) is 9.71. The molecule has 2 aromatic rings. The highest BCUT2D eigenvalue weighted by atomic mass is 32.2. The lowest BCUT2D eigenvalue weighted by molar-refractivity contribution is -0.121. The van der Waals surface area contributed by atoms with E-state index >= 15 is 0 Å². The Morgan fingerprint density at radius 1 is 1.17 bits per heavy atom. The minimum Gasteiger partial charge on any atom is -0.495 e. The average Bonchev–Trinajstić information content (AvgIpc) is 2.74. The fourth-order valence-corrected chi connectivity index (χ4v) is 4.13. The van der Waals surface area contributed by atoms with Gasteiger partial charge in [0.15, 0.2) is 11.5 Å². The number of rotatable bonds is 9. The maximum absolute atomic E-state index is 12.2. The largest absolute Gasteiger partial charge is 0.495 e. The Balaban J connectivity index is 1.49. The van der Waals surface area contributed by atoms with E-state index in [9.17, 15) is 13.2 Å². The summed E-state index contributed by atoms with van der Waals surface area (Å²) in [5.74, 6) is 1.63. The molecule has 0 spiro atoms. The van der Waals surface area contributed by atoms with Crippen molar-refractivity contribution in [2.75, 3.05) is 37.4 Å². The lowest BCUT2D eigenvalue weighted by Crippen LogP contribution is -2.41. The first-order chi connectivity index (χ1) is 14.4. The Kier molecular flexibility index (Phi) is 7.04. The van der Waals surface area contributed by atoms with Gasteiger partial charge in [-0.25, -0.2) is 8.42 Å². The predicted octanol–water partition coefficient (Wildman–Crippen LogP) is 2.20. The van der Waals surface area contributed by atoms with Crippen molar-refractivity contribution in [3.63, 3.8) is 0 Å². The van der Waals surface area contributed by atoms with Gasteiger partial charge in [0, 0.05) is 13.0 Å². The third-order valence-corrected chi connectivity index (χ3v) is 5.79. The van der Waals surface area contributed by atoms with Crippen LogP contribution in [-0.4, -0.2) is 53.5 Å². The summed E-state index contributed by atoms with van der Waals surface area (Å²) in [7, 11) is -2.03. The van der Waals surface area contributed by atoms with Crippen LogP contribution in [0.1, 0.15) is 12.8 Å². The third-order valence-electron chi connectivity index (χ3n) is 4.61. The molecule has 162 valence electrons. The van der Waals surface area contributed by atoms with Crippen LogP contribution in [0.3, 0.4) is 0 Å². The van der Waals surface area contributed by atoms with Crippen LogP contribution in [0.2, 0.25) is 0 Å². The summed E-state index contributed by atoms with van der Waals surface area (Å²) in [5.41, 5.74) is 0.453. The van der Waals surface area contributed by atoms with Crippen LogP contribution in [0.25, 0.3) is 0 Å². The molecule has 0 saturated carbocycles. The van der Waals surface area contributed by atoms with Crippen LogP contribution >= 0.6 is 0 Å². The highest BCUT2D eigenvalue weighted by Crippen LogP contribution is 2.31. The fourth-order valence-electron chi connectivity index (χ4n) is 3.16. The van der Waals surface area contributed by atoms with Gasteiger partial charge in [0.05, 0.1) is 25.6 Å². The number of nitrogens with zero attached hydrogens (tertiary/aromatic N) is 1. The Hall–Kier alpha value is -2.94. The van der Waals surface area contributed by atoms with Crippen molar-refractivity contribution in [3.05, 3.63) is 48.5 Å². The van der Waals surface area contributed by atoms with E-state index in [1.807, 2.05) is 24.3 Å². The second-order valence-corrected chi connectivity index (χ2v) is 8.82. The van der Waals surface area contributed by atoms with Crippen LogP contribution in [-0.2, 0) is 14.8 Å². The van der Waals surface area contributed by atoms with Crippen molar-refractivity contribution in [1.82, 2.24) is 5.32 Å². The molecule has 0 fully saturated rings. The molecule has 1 heterocycles. The van der Waals surface area contributed by atoms with Gasteiger partial charge in [-0.2, -0.15) is 0 Å². The summed E-state index contributed by atoms with van der Waals surface area (Å²) in [4.78, 5) is 12.2. The second-order valence-electron chi connectivity index (χ2n) is 6.91. The molecule has 30 heavy (non-hydrogen) atoms. The molecule has 9 heteroatoms. The Morgan fingerprint density at radius 2 is 1.87 bits per heavy atom. The lowest BCUT2D eigenvalue weighted by atomic mass is 10.2. The zero-order chi connectivity index (χ0) is 21.6. The van der Waals surface area contributed by atoms with Gasteiger partial charge in [-0.1, -0.05) is 24.3 Å². The number of hydrogen-bond donors (Lipinski definition) is 1. The highest BCUT2D eigenvalue weighted by Gasteiger charge is 2.22. The third kappa shape index (κ3) is 5.56. The summed E-state index contributed by atoms with van der Waals surface area (Å²) in [6.07, 6.45) is 1.41. The number of methoxy groups -OCH3 is 1. The molecule has 1 aliphatic rings. The van der Waals surface area contributed by atoms with Crippen molar-refractivity contribution in [2.45, 2.75) is 18.9 Å². The summed E-state index contributed by atoms with van der Waals surface area (Å²) in [6, 6.07) is 14.3. The molecule has 1 atom stereocenters. The van der Waals surface area contributed by atoms with Crippen molar-refractivity contribution < 1.29 is 27.4 Å². The van der Waals surface area contributed by atoms with Crippen LogP contribution < -0.4 is 23.8 Å². The quantitative estimate of drug-likeness (QED) is 0.650. The fraction of sp³-hybridized carbons (Fsp3) is 0.381. The van der Waals surface area contributed by atoms with Gasteiger partial charge in [-0.15, -0.1) is 0 Å². The molecule has 0 unspecified atom stereocenters. The van der Waals surface area contributed by atoms with E-state index in [0.29, 0.717) is 42.5 Å². The van der Waals surface area contributed by atoms with E-state index in [1.165, 1.54) is 11.4 Å². The zero-order valence-electron chi connectivity index (χ0n) is 17.0. The molecule has 1 aliphatic heterocycles. The Labute approximate surface area is 176 Å². The van der Waals surface area contributed by atoms with Crippen molar-refractivity contribution in [1.29, 1.82) is 0 Å². The van der Waals surface area contributed by atoms with E-state index in [-0.39, 0.29) is 25.0 Å². The van der Waals surface area contributed by atoms with E-state index in [1.54, 1.807) is 24.3 Å². The number of carbonyl (C=O) groups excluding carboxylic acids is 1. The molecule has 8 nitrogen and oxygen atoms in total.